The number of hydrogen-bond donors (Lipinski definition) is 2. The van der Waals surface area contributed by atoms with E-state index < -0.39 is 0 Å². The molecule has 1 aromatic carbocycles. The molecule has 1 saturated heterocycles. The lowest BCUT2D eigenvalue weighted by Crippen LogP contribution is -2.46. The molecule has 4 nitrogen and oxygen atoms in total. The summed E-state index contributed by atoms with van der Waals surface area (Å²) in [5, 5.41) is 5.83. The quantitative estimate of drug-likeness (QED) is 0.893. The number of anilines is 1. The van der Waals surface area contributed by atoms with Crippen LogP contribution < -0.4 is 10.6 Å². The molecule has 0 spiro atoms. The summed E-state index contributed by atoms with van der Waals surface area (Å²) >= 11 is 0. The van der Waals surface area contributed by atoms with Crippen molar-refractivity contribution in [3.8, 4) is 0 Å². The van der Waals surface area contributed by atoms with Gasteiger partial charge in [0.1, 0.15) is 0 Å². The van der Waals surface area contributed by atoms with Crippen LogP contribution >= 0.6 is 0 Å². The number of carbonyl (C=O) groups excluding carboxylic acids is 1. The maximum atomic E-state index is 11.9. The second-order valence-corrected chi connectivity index (χ2v) is 6.27. The number of amides is 2. The molecule has 1 aromatic rings. The predicted octanol–water partition coefficient (Wildman–Crippen LogP) is 3.24. The third kappa shape index (κ3) is 5.05. The van der Waals surface area contributed by atoms with Gasteiger partial charge in [-0.1, -0.05) is 24.6 Å². The lowest BCUT2D eigenvalue weighted by molar-refractivity contribution is 0.146. The first-order valence-corrected chi connectivity index (χ1v) is 7.90. The molecule has 1 fully saturated rings. The van der Waals surface area contributed by atoms with E-state index in [4.69, 9.17) is 0 Å². The van der Waals surface area contributed by atoms with Crippen LogP contribution in [0.5, 0.6) is 0 Å². The molecular weight excluding hydrogens is 262 g/mol. The molecule has 0 aliphatic carbocycles. The van der Waals surface area contributed by atoms with E-state index in [1.807, 2.05) is 31.2 Å². The van der Waals surface area contributed by atoms with Crippen LogP contribution in [0, 0.1) is 12.8 Å². The maximum absolute atomic E-state index is 11.9. The summed E-state index contributed by atoms with van der Waals surface area (Å²) in [6.45, 7) is 9.50. The van der Waals surface area contributed by atoms with E-state index in [1.165, 1.54) is 18.4 Å². The number of urea groups is 1. The Labute approximate surface area is 127 Å². The second kappa shape index (κ2) is 7.46. The average molecular weight is 289 g/mol. The summed E-state index contributed by atoms with van der Waals surface area (Å²) < 4.78 is 0. The van der Waals surface area contributed by atoms with E-state index in [0.29, 0.717) is 12.6 Å². The van der Waals surface area contributed by atoms with Crippen LogP contribution in [0.3, 0.4) is 0 Å². The van der Waals surface area contributed by atoms with Gasteiger partial charge in [0.05, 0.1) is 0 Å². The van der Waals surface area contributed by atoms with Crippen molar-refractivity contribution in [3.05, 3.63) is 29.8 Å². The number of rotatable bonds is 4. The van der Waals surface area contributed by atoms with Crippen LogP contribution in [0.4, 0.5) is 10.5 Å². The van der Waals surface area contributed by atoms with Crippen LogP contribution in [0.25, 0.3) is 0 Å². The summed E-state index contributed by atoms with van der Waals surface area (Å²) in [6.07, 6.45) is 2.53. The van der Waals surface area contributed by atoms with Crippen LogP contribution in [0.1, 0.15) is 32.3 Å². The van der Waals surface area contributed by atoms with E-state index in [2.05, 4.69) is 29.4 Å². The topological polar surface area (TPSA) is 44.4 Å². The summed E-state index contributed by atoms with van der Waals surface area (Å²) in [5.41, 5.74) is 2.02. The van der Waals surface area contributed by atoms with Crippen molar-refractivity contribution in [1.29, 1.82) is 0 Å². The zero-order chi connectivity index (χ0) is 15.2. The molecule has 21 heavy (non-hydrogen) atoms. The molecule has 2 rings (SSSR count). The molecule has 0 unspecified atom stereocenters. The van der Waals surface area contributed by atoms with Crippen LogP contribution in [-0.2, 0) is 0 Å². The van der Waals surface area contributed by atoms with E-state index in [0.717, 1.165) is 24.7 Å². The third-order valence-electron chi connectivity index (χ3n) is 4.31. The minimum Gasteiger partial charge on any atom is -0.336 e. The van der Waals surface area contributed by atoms with Crippen molar-refractivity contribution < 1.29 is 4.79 Å². The highest BCUT2D eigenvalue weighted by Crippen LogP contribution is 2.17. The molecule has 1 aliphatic heterocycles. The summed E-state index contributed by atoms with van der Waals surface area (Å²) in [6, 6.07) is 8.09. The average Bonchev–Trinajstić information content (AvgIpc) is 2.48. The Morgan fingerprint density at radius 2 is 1.90 bits per heavy atom. The fourth-order valence-corrected chi connectivity index (χ4v) is 2.65. The van der Waals surface area contributed by atoms with Gasteiger partial charge < -0.3 is 10.6 Å². The smallest absolute Gasteiger partial charge is 0.319 e. The normalized spacial score (nSPS) is 18.2. The molecule has 2 amide bonds. The molecule has 116 valence electrons. The van der Waals surface area contributed by atoms with Gasteiger partial charge in [-0.2, -0.15) is 0 Å². The maximum Gasteiger partial charge on any atom is 0.319 e. The van der Waals surface area contributed by atoms with Gasteiger partial charge >= 0.3 is 6.03 Å². The Morgan fingerprint density at radius 1 is 1.29 bits per heavy atom. The van der Waals surface area contributed by atoms with Crippen LogP contribution in [-0.4, -0.2) is 36.6 Å². The number of piperidine rings is 1. The SMILES string of the molecule is Cc1ccc(NC(=O)NC[C@H](C)N2CCC(C)CC2)cc1. The largest absolute Gasteiger partial charge is 0.336 e. The Kier molecular flexibility index (Phi) is 5.62. The van der Waals surface area contributed by atoms with Gasteiger partial charge in [-0.3, -0.25) is 4.90 Å². The second-order valence-electron chi connectivity index (χ2n) is 6.27. The Balaban J connectivity index is 1.72. The number of hydrogen-bond acceptors (Lipinski definition) is 2. The first kappa shape index (κ1) is 15.8. The number of nitrogens with zero attached hydrogens (tertiary/aromatic N) is 1. The van der Waals surface area contributed by atoms with E-state index >= 15 is 0 Å². The number of benzene rings is 1. The Morgan fingerprint density at radius 3 is 2.52 bits per heavy atom. The van der Waals surface area contributed by atoms with Gasteiger partial charge in [0.15, 0.2) is 0 Å². The summed E-state index contributed by atoms with van der Waals surface area (Å²) in [4.78, 5) is 14.4. The molecule has 1 heterocycles. The molecule has 0 bridgehead atoms. The number of nitrogens with one attached hydrogen (secondary N) is 2. The third-order valence-corrected chi connectivity index (χ3v) is 4.31. The van der Waals surface area contributed by atoms with Crippen molar-refractivity contribution in [2.45, 2.75) is 39.7 Å². The Bertz CT molecular complexity index is 450. The van der Waals surface area contributed by atoms with E-state index in [-0.39, 0.29) is 6.03 Å². The van der Waals surface area contributed by atoms with Gasteiger partial charge in [0.2, 0.25) is 0 Å². The van der Waals surface area contributed by atoms with Crippen LogP contribution in [0.2, 0.25) is 0 Å². The van der Waals surface area contributed by atoms with Gasteiger partial charge in [0.25, 0.3) is 0 Å². The minimum atomic E-state index is -0.129. The molecule has 0 saturated carbocycles. The molecule has 1 atom stereocenters. The van der Waals surface area contributed by atoms with Crippen molar-refractivity contribution >= 4 is 11.7 Å². The zero-order valence-corrected chi connectivity index (χ0v) is 13.4. The molecule has 0 aromatic heterocycles. The highest BCUT2D eigenvalue weighted by atomic mass is 16.2. The first-order valence-electron chi connectivity index (χ1n) is 7.90. The van der Waals surface area contributed by atoms with Crippen LogP contribution in [0.15, 0.2) is 24.3 Å². The summed E-state index contributed by atoms with van der Waals surface area (Å²) in [7, 11) is 0. The highest BCUT2D eigenvalue weighted by Gasteiger charge is 2.20. The first-order chi connectivity index (χ1) is 10.0. The lowest BCUT2D eigenvalue weighted by Gasteiger charge is -2.34. The number of likely N-dealkylation sites (tertiary alicyclic amines) is 1. The number of aryl methyl sites for hydroxylation is 1. The fraction of sp³-hybridized carbons (Fsp3) is 0.588. The standard InChI is InChI=1S/C17H27N3O/c1-13-4-6-16(7-5-13)19-17(21)18-12-15(3)20-10-8-14(2)9-11-20/h4-7,14-15H,8-12H2,1-3H3,(H2,18,19,21)/t15-/m0/s1. The Hall–Kier alpha value is -1.55. The van der Waals surface area contributed by atoms with Gasteiger partial charge in [-0.15, -0.1) is 0 Å². The highest BCUT2D eigenvalue weighted by molar-refractivity contribution is 5.89. The molecule has 2 N–H and O–H groups in total. The number of carbonyl (C=O) groups is 1. The molecule has 0 radical (unpaired) electrons. The van der Waals surface area contributed by atoms with Crippen molar-refractivity contribution in [2.24, 2.45) is 5.92 Å². The van der Waals surface area contributed by atoms with Crippen molar-refractivity contribution in [2.75, 3.05) is 25.0 Å². The molecule has 1 aliphatic rings. The fourth-order valence-electron chi connectivity index (χ4n) is 2.65. The van der Waals surface area contributed by atoms with E-state index in [1.54, 1.807) is 0 Å². The predicted molar refractivity (Wildman–Crippen MR) is 87.6 cm³/mol. The summed E-state index contributed by atoms with van der Waals surface area (Å²) in [5.74, 6) is 0.839. The molecule has 4 heteroatoms. The lowest BCUT2D eigenvalue weighted by atomic mass is 9.98. The zero-order valence-electron chi connectivity index (χ0n) is 13.4. The van der Waals surface area contributed by atoms with Gasteiger partial charge in [0, 0.05) is 18.3 Å². The monoisotopic (exact) mass is 289 g/mol. The minimum absolute atomic E-state index is 0.129. The van der Waals surface area contributed by atoms with Crippen molar-refractivity contribution in [1.82, 2.24) is 10.2 Å². The van der Waals surface area contributed by atoms with Crippen molar-refractivity contribution in [3.63, 3.8) is 0 Å². The van der Waals surface area contributed by atoms with E-state index in [9.17, 15) is 4.79 Å². The van der Waals surface area contributed by atoms with Gasteiger partial charge in [-0.25, -0.2) is 4.79 Å². The molecular formula is C17H27N3O. The van der Waals surface area contributed by atoms with Gasteiger partial charge in [-0.05, 0) is 57.8 Å².